The first-order valence-corrected chi connectivity index (χ1v) is 8.18. The highest BCUT2D eigenvalue weighted by molar-refractivity contribution is 6.04. The fourth-order valence-corrected chi connectivity index (χ4v) is 2.62. The topological polar surface area (TPSA) is 86.7 Å². The first kappa shape index (κ1) is 19.3. The second-order valence-electron chi connectivity index (χ2n) is 5.76. The monoisotopic (exact) mass is 366 g/mol. The minimum Gasteiger partial charge on any atom is -0.489 e. The van der Waals surface area contributed by atoms with Crippen LogP contribution in [-0.4, -0.2) is 25.2 Å². The summed E-state index contributed by atoms with van der Waals surface area (Å²) in [6.45, 7) is 1.53. The number of anilines is 1. The van der Waals surface area contributed by atoms with Crippen LogP contribution in [-0.2, 0) is 11.3 Å². The molecule has 7 heteroatoms. The van der Waals surface area contributed by atoms with Crippen molar-refractivity contribution in [3.05, 3.63) is 47.9 Å². The Bertz CT molecular complexity index is 683. The SMILES string of the molecule is Cl.NCc1cc(C(=O)Nc2ccccc2OCC2CCCCO2)co1. The molecule has 2 aromatic rings. The maximum absolute atomic E-state index is 12.3. The highest BCUT2D eigenvalue weighted by atomic mass is 35.5. The molecule has 0 bridgehead atoms. The minimum absolute atomic E-state index is 0. The van der Waals surface area contributed by atoms with E-state index in [-0.39, 0.29) is 31.0 Å². The molecule has 6 nitrogen and oxygen atoms in total. The summed E-state index contributed by atoms with van der Waals surface area (Å²) >= 11 is 0. The Morgan fingerprint density at radius 1 is 1.32 bits per heavy atom. The van der Waals surface area contributed by atoms with Gasteiger partial charge in [0.1, 0.15) is 24.4 Å². The minimum atomic E-state index is -0.261. The second kappa shape index (κ2) is 9.46. The Hall–Kier alpha value is -2.02. The lowest BCUT2D eigenvalue weighted by Crippen LogP contribution is -2.26. The summed E-state index contributed by atoms with van der Waals surface area (Å²) < 4.78 is 16.7. The van der Waals surface area contributed by atoms with Gasteiger partial charge in [-0.2, -0.15) is 0 Å². The average molecular weight is 367 g/mol. The molecule has 1 aliphatic heterocycles. The molecule has 1 aromatic carbocycles. The van der Waals surface area contributed by atoms with Crippen LogP contribution < -0.4 is 15.8 Å². The third-order valence-corrected chi connectivity index (χ3v) is 3.95. The number of para-hydroxylation sites is 2. The molecule has 1 saturated heterocycles. The molecule has 3 N–H and O–H groups in total. The number of hydrogen-bond donors (Lipinski definition) is 2. The number of carbonyl (C=O) groups excluding carboxylic acids is 1. The first-order chi connectivity index (χ1) is 11.8. The van der Waals surface area contributed by atoms with Gasteiger partial charge in [-0.15, -0.1) is 12.4 Å². The van der Waals surface area contributed by atoms with E-state index >= 15 is 0 Å². The van der Waals surface area contributed by atoms with Crippen LogP contribution in [0.4, 0.5) is 5.69 Å². The predicted molar refractivity (Wildman–Crippen MR) is 97.3 cm³/mol. The lowest BCUT2D eigenvalue weighted by atomic mass is 10.1. The summed E-state index contributed by atoms with van der Waals surface area (Å²) in [7, 11) is 0. The summed E-state index contributed by atoms with van der Waals surface area (Å²) in [5.41, 5.74) is 6.54. The van der Waals surface area contributed by atoms with Crippen molar-refractivity contribution in [3.8, 4) is 5.75 Å². The van der Waals surface area contributed by atoms with Gasteiger partial charge in [-0.3, -0.25) is 4.79 Å². The van der Waals surface area contributed by atoms with E-state index in [0.29, 0.717) is 29.4 Å². The van der Waals surface area contributed by atoms with Crippen LogP contribution >= 0.6 is 12.4 Å². The average Bonchev–Trinajstić information content (AvgIpc) is 3.11. The number of carbonyl (C=O) groups is 1. The van der Waals surface area contributed by atoms with E-state index in [2.05, 4.69) is 5.32 Å². The molecule has 1 atom stereocenters. The van der Waals surface area contributed by atoms with E-state index in [1.165, 1.54) is 6.26 Å². The van der Waals surface area contributed by atoms with E-state index < -0.39 is 0 Å². The molecule has 2 heterocycles. The molecule has 0 radical (unpaired) electrons. The number of amides is 1. The fraction of sp³-hybridized carbons (Fsp3) is 0.389. The molecule has 0 spiro atoms. The van der Waals surface area contributed by atoms with Crippen LogP contribution in [0.2, 0.25) is 0 Å². The number of furan rings is 1. The summed E-state index contributed by atoms with van der Waals surface area (Å²) in [5, 5.41) is 2.85. The highest BCUT2D eigenvalue weighted by Gasteiger charge is 2.16. The zero-order valence-corrected chi connectivity index (χ0v) is 14.7. The van der Waals surface area contributed by atoms with Crippen molar-refractivity contribution in [2.45, 2.75) is 31.9 Å². The zero-order chi connectivity index (χ0) is 16.8. The quantitative estimate of drug-likeness (QED) is 0.818. The summed E-state index contributed by atoms with van der Waals surface area (Å²) in [5.74, 6) is 0.935. The number of benzene rings is 1. The van der Waals surface area contributed by atoms with Crippen LogP contribution in [0, 0.1) is 0 Å². The Kier molecular flexibility index (Phi) is 7.31. The first-order valence-electron chi connectivity index (χ1n) is 8.18. The predicted octanol–water partition coefficient (Wildman–Crippen LogP) is 3.36. The van der Waals surface area contributed by atoms with Gasteiger partial charge in [-0.05, 0) is 37.5 Å². The standard InChI is InChI=1S/C18H22N2O4.ClH/c19-10-15-9-13(11-23-15)18(21)20-16-6-1-2-7-17(16)24-12-14-5-3-4-8-22-14;/h1-2,6-7,9,11,14H,3-5,8,10,12,19H2,(H,20,21);1H. The zero-order valence-electron chi connectivity index (χ0n) is 13.9. The van der Waals surface area contributed by atoms with Crippen molar-refractivity contribution < 1.29 is 18.7 Å². The number of ether oxygens (including phenoxy) is 2. The molecule has 3 rings (SSSR count). The molecule has 25 heavy (non-hydrogen) atoms. The Morgan fingerprint density at radius 2 is 2.16 bits per heavy atom. The Balaban J connectivity index is 0.00000225. The molecular weight excluding hydrogens is 344 g/mol. The second-order valence-corrected chi connectivity index (χ2v) is 5.76. The molecular formula is C18H23ClN2O4. The lowest BCUT2D eigenvalue weighted by Gasteiger charge is -2.23. The lowest BCUT2D eigenvalue weighted by molar-refractivity contribution is -0.0109. The fourth-order valence-electron chi connectivity index (χ4n) is 2.62. The summed E-state index contributed by atoms with van der Waals surface area (Å²) in [4.78, 5) is 12.3. The van der Waals surface area contributed by atoms with Crippen molar-refractivity contribution in [3.63, 3.8) is 0 Å². The largest absolute Gasteiger partial charge is 0.489 e. The van der Waals surface area contributed by atoms with E-state index in [1.807, 2.05) is 18.2 Å². The van der Waals surface area contributed by atoms with E-state index in [9.17, 15) is 4.79 Å². The molecule has 0 aliphatic carbocycles. The summed E-state index contributed by atoms with van der Waals surface area (Å²) in [6.07, 6.45) is 4.79. The molecule has 1 aromatic heterocycles. The van der Waals surface area contributed by atoms with Crippen LogP contribution in [0.15, 0.2) is 41.0 Å². The van der Waals surface area contributed by atoms with Gasteiger partial charge in [0.25, 0.3) is 5.91 Å². The van der Waals surface area contributed by atoms with E-state index in [1.54, 1.807) is 12.1 Å². The molecule has 1 aliphatic rings. The number of halogens is 1. The van der Waals surface area contributed by atoms with Gasteiger partial charge < -0.3 is 24.9 Å². The third kappa shape index (κ3) is 5.22. The van der Waals surface area contributed by atoms with Gasteiger partial charge in [-0.1, -0.05) is 12.1 Å². The molecule has 1 amide bonds. The van der Waals surface area contributed by atoms with E-state index in [0.717, 1.165) is 25.9 Å². The van der Waals surface area contributed by atoms with Crippen LogP contribution in [0.1, 0.15) is 35.4 Å². The molecule has 1 unspecified atom stereocenters. The van der Waals surface area contributed by atoms with Crippen LogP contribution in [0.5, 0.6) is 5.75 Å². The Morgan fingerprint density at radius 3 is 2.88 bits per heavy atom. The van der Waals surface area contributed by atoms with Crippen molar-refractivity contribution in [1.82, 2.24) is 0 Å². The van der Waals surface area contributed by atoms with Crippen molar-refractivity contribution in [1.29, 1.82) is 0 Å². The van der Waals surface area contributed by atoms with E-state index in [4.69, 9.17) is 19.6 Å². The van der Waals surface area contributed by atoms with Crippen LogP contribution in [0.3, 0.4) is 0 Å². The van der Waals surface area contributed by atoms with Gasteiger partial charge in [0.05, 0.1) is 23.9 Å². The van der Waals surface area contributed by atoms with Crippen molar-refractivity contribution >= 4 is 24.0 Å². The number of hydrogen-bond acceptors (Lipinski definition) is 5. The third-order valence-electron chi connectivity index (χ3n) is 3.95. The number of nitrogens with two attached hydrogens (primary N) is 1. The number of nitrogens with one attached hydrogen (secondary N) is 1. The van der Waals surface area contributed by atoms with Gasteiger partial charge in [0.15, 0.2) is 0 Å². The van der Waals surface area contributed by atoms with Gasteiger partial charge in [-0.25, -0.2) is 0 Å². The normalized spacial score (nSPS) is 16.8. The van der Waals surface area contributed by atoms with Gasteiger partial charge in [0, 0.05) is 6.61 Å². The maximum atomic E-state index is 12.3. The number of rotatable bonds is 6. The molecule has 136 valence electrons. The molecule has 0 saturated carbocycles. The summed E-state index contributed by atoms with van der Waals surface area (Å²) in [6, 6.07) is 8.99. The van der Waals surface area contributed by atoms with Crippen molar-refractivity contribution in [2.75, 3.05) is 18.5 Å². The van der Waals surface area contributed by atoms with Crippen molar-refractivity contribution in [2.24, 2.45) is 5.73 Å². The van der Waals surface area contributed by atoms with Gasteiger partial charge >= 0.3 is 0 Å². The molecule has 1 fully saturated rings. The maximum Gasteiger partial charge on any atom is 0.259 e. The van der Waals surface area contributed by atoms with Gasteiger partial charge in [0.2, 0.25) is 0 Å². The smallest absolute Gasteiger partial charge is 0.259 e. The highest BCUT2D eigenvalue weighted by Crippen LogP contribution is 2.25. The Labute approximate surface area is 153 Å². The van der Waals surface area contributed by atoms with Crippen LogP contribution in [0.25, 0.3) is 0 Å².